The zero-order valence-electron chi connectivity index (χ0n) is 9.94. The minimum Gasteiger partial charge on any atom is -0.497 e. The van der Waals surface area contributed by atoms with Crippen molar-refractivity contribution >= 4 is 5.78 Å². The van der Waals surface area contributed by atoms with Crippen molar-refractivity contribution in [2.45, 2.75) is 12.5 Å². The number of carbonyl (C=O) groups is 1. The van der Waals surface area contributed by atoms with Crippen molar-refractivity contribution in [1.82, 2.24) is 5.32 Å². The normalized spacial score (nSPS) is 19.9. The molecule has 1 heterocycles. The second kappa shape index (κ2) is 5.80. The fraction of sp³-hybridized carbons (Fsp3) is 0.462. The molecule has 17 heavy (non-hydrogen) atoms. The van der Waals surface area contributed by atoms with Gasteiger partial charge in [-0.25, -0.2) is 0 Å². The van der Waals surface area contributed by atoms with Crippen LogP contribution in [0.4, 0.5) is 0 Å². The highest BCUT2D eigenvalue weighted by Crippen LogP contribution is 2.13. The Bertz CT molecular complexity index is 386. The molecule has 1 aliphatic rings. The summed E-state index contributed by atoms with van der Waals surface area (Å²) in [4.78, 5) is 12.0. The van der Waals surface area contributed by atoms with E-state index in [2.05, 4.69) is 5.32 Å². The second-order valence-electron chi connectivity index (χ2n) is 4.08. The lowest BCUT2D eigenvalue weighted by Gasteiger charge is -2.22. The predicted molar refractivity (Wildman–Crippen MR) is 64.3 cm³/mol. The van der Waals surface area contributed by atoms with Gasteiger partial charge in [0.1, 0.15) is 5.75 Å². The molecule has 1 atom stereocenters. The number of Topliss-reactive ketones (excluding diaryl/α,β-unsaturated/α-hetero) is 1. The van der Waals surface area contributed by atoms with Crippen molar-refractivity contribution < 1.29 is 14.3 Å². The van der Waals surface area contributed by atoms with Gasteiger partial charge in [-0.3, -0.25) is 4.79 Å². The van der Waals surface area contributed by atoms with Crippen LogP contribution in [0.3, 0.4) is 0 Å². The third kappa shape index (κ3) is 3.28. The van der Waals surface area contributed by atoms with Gasteiger partial charge in [-0.1, -0.05) is 12.1 Å². The van der Waals surface area contributed by atoms with Gasteiger partial charge in [-0.15, -0.1) is 0 Å². The van der Waals surface area contributed by atoms with Gasteiger partial charge in [0.15, 0.2) is 5.78 Å². The maximum absolute atomic E-state index is 12.0. The number of carbonyl (C=O) groups excluding carboxylic acids is 1. The van der Waals surface area contributed by atoms with Crippen molar-refractivity contribution in [3.8, 4) is 5.75 Å². The quantitative estimate of drug-likeness (QED) is 0.838. The average Bonchev–Trinajstić information content (AvgIpc) is 2.40. The number of ether oxygens (including phenoxy) is 2. The molecule has 1 unspecified atom stereocenters. The molecule has 0 aromatic heterocycles. The molecule has 4 nitrogen and oxygen atoms in total. The molecule has 0 aliphatic carbocycles. The summed E-state index contributed by atoms with van der Waals surface area (Å²) < 4.78 is 10.4. The molecular formula is C13H17NO3. The molecule has 1 saturated heterocycles. The number of nitrogens with one attached hydrogen (secondary N) is 1. The van der Waals surface area contributed by atoms with Crippen LogP contribution in [-0.2, 0) is 16.0 Å². The fourth-order valence-electron chi connectivity index (χ4n) is 1.88. The van der Waals surface area contributed by atoms with Crippen LogP contribution in [0.2, 0.25) is 0 Å². The zero-order chi connectivity index (χ0) is 12.1. The molecular weight excluding hydrogens is 218 g/mol. The first-order chi connectivity index (χ1) is 8.29. The Hall–Kier alpha value is -1.39. The summed E-state index contributed by atoms with van der Waals surface area (Å²) in [5, 5.41) is 3.16. The van der Waals surface area contributed by atoms with E-state index in [9.17, 15) is 4.79 Å². The Morgan fingerprint density at radius 2 is 2.47 bits per heavy atom. The van der Waals surface area contributed by atoms with Crippen molar-refractivity contribution in [3.05, 3.63) is 29.8 Å². The number of benzene rings is 1. The zero-order valence-corrected chi connectivity index (χ0v) is 9.94. The van der Waals surface area contributed by atoms with E-state index in [1.54, 1.807) is 7.11 Å². The van der Waals surface area contributed by atoms with Gasteiger partial charge in [0.25, 0.3) is 0 Å². The SMILES string of the molecule is COc1cccc(CC(=O)C2COCCN2)c1. The molecule has 0 spiro atoms. The minimum atomic E-state index is -0.171. The van der Waals surface area contributed by atoms with E-state index in [1.165, 1.54) is 0 Å². The van der Waals surface area contributed by atoms with Gasteiger partial charge < -0.3 is 14.8 Å². The molecule has 0 saturated carbocycles. The maximum Gasteiger partial charge on any atom is 0.156 e. The molecule has 1 aromatic carbocycles. The Labute approximate surface area is 101 Å². The highest BCUT2D eigenvalue weighted by molar-refractivity contribution is 5.86. The van der Waals surface area contributed by atoms with E-state index >= 15 is 0 Å². The second-order valence-corrected chi connectivity index (χ2v) is 4.08. The maximum atomic E-state index is 12.0. The Morgan fingerprint density at radius 3 is 3.18 bits per heavy atom. The van der Waals surface area contributed by atoms with Crippen molar-refractivity contribution in [1.29, 1.82) is 0 Å². The average molecular weight is 235 g/mol. The summed E-state index contributed by atoms with van der Waals surface area (Å²) in [6.45, 7) is 1.90. The number of hydrogen-bond acceptors (Lipinski definition) is 4. The lowest BCUT2D eigenvalue weighted by molar-refractivity contribution is -0.123. The first-order valence-electron chi connectivity index (χ1n) is 5.76. The Morgan fingerprint density at radius 1 is 1.59 bits per heavy atom. The van der Waals surface area contributed by atoms with Gasteiger partial charge >= 0.3 is 0 Å². The first kappa shape index (κ1) is 12.1. The number of rotatable bonds is 4. The van der Waals surface area contributed by atoms with Gasteiger partial charge in [0.05, 0.1) is 26.4 Å². The lowest BCUT2D eigenvalue weighted by atomic mass is 10.0. The van der Waals surface area contributed by atoms with Crippen LogP contribution in [0.15, 0.2) is 24.3 Å². The van der Waals surface area contributed by atoms with Gasteiger partial charge in [0, 0.05) is 13.0 Å². The molecule has 1 fully saturated rings. The van der Waals surface area contributed by atoms with E-state index in [4.69, 9.17) is 9.47 Å². The van der Waals surface area contributed by atoms with Crippen LogP contribution in [0.5, 0.6) is 5.75 Å². The third-order valence-electron chi connectivity index (χ3n) is 2.82. The molecule has 2 rings (SSSR count). The molecule has 4 heteroatoms. The number of hydrogen-bond donors (Lipinski definition) is 1. The van der Waals surface area contributed by atoms with Gasteiger partial charge in [-0.05, 0) is 17.7 Å². The van der Waals surface area contributed by atoms with E-state index in [-0.39, 0.29) is 11.8 Å². The van der Waals surface area contributed by atoms with Crippen molar-refractivity contribution in [3.63, 3.8) is 0 Å². The number of methoxy groups -OCH3 is 1. The summed E-state index contributed by atoms with van der Waals surface area (Å²) in [6, 6.07) is 7.42. The monoisotopic (exact) mass is 235 g/mol. The van der Waals surface area contributed by atoms with Crippen molar-refractivity contribution in [2.75, 3.05) is 26.9 Å². The van der Waals surface area contributed by atoms with Crippen LogP contribution in [-0.4, -0.2) is 38.7 Å². The number of ketones is 1. The van der Waals surface area contributed by atoms with E-state index in [0.717, 1.165) is 17.9 Å². The molecule has 1 aliphatic heterocycles. The molecule has 1 aromatic rings. The van der Waals surface area contributed by atoms with Gasteiger partial charge in [0.2, 0.25) is 0 Å². The number of morpholine rings is 1. The van der Waals surface area contributed by atoms with Crippen LogP contribution in [0, 0.1) is 0 Å². The lowest BCUT2D eigenvalue weighted by Crippen LogP contribution is -2.47. The van der Waals surface area contributed by atoms with Crippen LogP contribution < -0.4 is 10.1 Å². The summed E-state index contributed by atoms with van der Waals surface area (Å²) >= 11 is 0. The molecule has 92 valence electrons. The summed E-state index contributed by atoms with van der Waals surface area (Å²) in [6.07, 6.45) is 0.415. The van der Waals surface area contributed by atoms with Crippen LogP contribution in [0.1, 0.15) is 5.56 Å². The standard InChI is InChI=1S/C13H17NO3/c1-16-11-4-2-3-10(7-11)8-13(15)12-9-17-6-5-14-12/h2-4,7,12,14H,5-6,8-9H2,1H3. The molecule has 0 bridgehead atoms. The summed E-state index contributed by atoms with van der Waals surface area (Å²) in [5.41, 5.74) is 0.974. The van der Waals surface area contributed by atoms with Crippen molar-refractivity contribution in [2.24, 2.45) is 0 Å². The first-order valence-corrected chi connectivity index (χ1v) is 5.76. The smallest absolute Gasteiger partial charge is 0.156 e. The largest absolute Gasteiger partial charge is 0.497 e. The predicted octanol–water partition coefficient (Wildman–Crippen LogP) is 0.795. The fourth-order valence-corrected chi connectivity index (χ4v) is 1.88. The minimum absolute atomic E-state index is 0.165. The van der Waals surface area contributed by atoms with E-state index < -0.39 is 0 Å². The molecule has 1 N–H and O–H groups in total. The van der Waals surface area contributed by atoms with Crippen LogP contribution >= 0.6 is 0 Å². The summed E-state index contributed by atoms with van der Waals surface area (Å²) in [7, 11) is 1.62. The highest BCUT2D eigenvalue weighted by atomic mass is 16.5. The summed E-state index contributed by atoms with van der Waals surface area (Å²) in [5.74, 6) is 0.945. The third-order valence-corrected chi connectivity index (χ3v) is 2.82. The Kier molecular flexibility index (Phi) is 4.12. The molecule has 0 radical (unpaired) electrons. The van der Waals surface area contributed by atoms with Crippen LogP contribution in [0.25, 0.3) is 0 Å². The van der Waals surface area contributed by atoms with E-state index in [0.29, 0.717) is 19.6 Å². The van der Waals surface area contributed by atoms with Gasteiger partial charge in [-0.2, -0.15) is 0 Å². The molecule has 0 amide bonds. The highest BCUT2D eigenvalue weighted by Gasteiger charge is 2.20. The topological polar surface area (TPSA) is 47.6 Å². The van der Waals surface area contributed by atoms with E-state index in [1.807, 2.05) is 24.3 Å². The Balaban J connectivity index is 1.96.